The number of piperidine rings is 1. The minimum Gasteiger partial charge on any atom is -0.379 e. The zero-order chi connectivity index (χ0) is 29.3. The summed E-state index contributed by atoms with van der Waals surface area (Å²) >= 11 is 1.07. The number of aromatic nitrogens is 3. The zero-order valence-electron chi connectivity index (χ0n) is 23.6. The zero-order valence-corrected chi connectivity index (χ0v) is 24.4. The lowest BCUT2D eigenvalue weighted by Gasteiger charge is -2.33. The number of nitriles is 1. The molecule has 4 aromatic rings. The number of hydrogen-bond acceptors (Lipinski definition) is 8. The van der Waals surface area contributed by atoms with Crippen molar-refractivity contribution in [2.45, 2.75) is 51.5 Å². The maximum atomic E-state index is 12.9. The van der Waals surface area contributed by atoms with Gasteiger partial charge in [0, 0.05) is 67.6 Å². The molecule has 5 heterocycles. The third-order valence-electron chi connectivity index (χ3n) is 8.40. The third-order valence-corrected chi connectivity index (χ3v) is 9.45. The van der Waals surface area contributed by atoms with Gasteiger partial charge in [-0.05, 0) is 49.1 Å². The van der Waals surface area contributed by atoms with Crippen LogP contribution < -0.4 is 5.32 Å². The number of nitrogens with zero attached hydrogens (tertiary/aromatic N) is 6. The van der Waals surface area contributed by atoms with Gasteiger partial charge in [0.2, 0.25) is 0 Å². The topological polar surface area (TPSA) is 82.2 Å². The van der Waals surface area contributed by atoms with Crippen LogP contribution in [0.5, 0.6) is 0 Å². The highest BCUT2D eigenvalue weighted by Gasteiger charge is 2.29. The largest absolute Gasteiger partial charge is 0.393 e. The van der Waals surface area contributed by atoms with Crippen LogP contribution in [0.15, 0.2) is 30.6 Å². The van der Waals surface area contributed by atoms with E-state index in [1.54, 1.807) is 6.07 Å². The van der Waals surface area contributed by atoms with Crippen molar-refractivity contribution in [1.82, 2.24) is 24.3 Å². The molecule has 0 amide bonds. The van der Waals surface area contributed by atoms with Crippen LogP contribution in [0.4, 0.5) is 19.0 Å². The number of anilines is 1. The number of likely N-dealkylation sites (tertiary alicyclic amines) is 1. The van der Waals surface area contributed by atoms with E-state index < -0.39 is 12.6 Å². The van der Waals surface area contributed by atoms with E-state index in [4.69, 9.17) is 4.74 Å². The summed E-state index contributed by atoms with van der Waals surface area (Å²) in [6.07, 6.45) is -1.97. The summed E-state index contributed by atoms with van der Waals surface area (Å²) in [6, 6.07) is 10.5. The van der Waals surface area contributed by atoms with E-state index >= 15 is 0 Å². The van der Waals surface area contributed by atoms with Crippen molar-refractivity contribution in [2.75, 3.05) is 51.3 Å². The molecule has 222 valence electrons. The number of thiophene rings is 1. The van der Waals surface area contributed by atoms with Crippen LogP contribution >= 0.6 is 11.3 Å². The van der Waals surface area contributed by atoms with Crippen molar-refractivity contribution in [3.63, 3.8) is 0 Å². The third kappa shape index (κ3) is 6.39. The van der Waals surface area contributed by atoms with E-state index in [0.717, 1.165) is 94.1 Å². The van der Waals surface area contributed by atoms with Gasteiger partial charge in [-0.25, -0.2) is 9.97 Å². The van der Waals surface area contributed by atoms with Gasteiger partial charge in [-0.3, -0.25) is 9.80 Å². The average molecular weight is 598 g/mol. The van der Waals surface area contributed by atoms with Crippen molar-refractivity contribution in [1.29, 1.82) is 5.26 Å². The first kappa shape index (κ1) is 28.9. The predicted molar refractivity (Wildman–Crippen MR) is 158 cm³/mol. The van der Waals surface area contributed by atoms with E-state index in [9.17, 15) is 18.4 Å². The molecule has 1 N–H and O–H groups in total. The maximum absolute atomic E-state index is 12.9. The van der Waals surface area contributed by atoms with Gasteiger partial charge in [0.1, 0.15) is 28.7 Å². The highest BCUT2D eigenvalue weighted by Crippen LogP contribution is 2.33. The number of hydrogen-bond donors (Lipinski definition) is 1. The Morgan fingerprint density at radius 2 is 1.83 bits per heavy atom. The van der Waals surface area contributed by atoms with Gasteiger partial charge < -0.3 is 14.6 Å². The van der Waals surface area contributed by atoms with Crippen molar-refractivity contribution < 1.29 is 17.9 Å². The van der Waals surface area contributed by atoms with Crippen LogP contribution in [0.1, 0.15) is 34.5 Å². The van der Waals surface area contributed by atoms with Crippen LogP contribution in [0.3, 0.4) is 0 Å². The molecule has 2 aliphatic rings. The summed E-state index contributed by atoms with van der Waals surface area (Å²) in [5.41, 5.74) is 4.27. The van der Waals surface area contributed by atoms with Gasteiger partial charge in [-0.2, -0.15) is 18.4 Å². The van der Waals surface area contributed by atoms with Crippen molar-refractivity contribution >= 4 is 38.3 Å². The standard InChI is InChI=1S/C30H34F3N7OS/c1-20-21(2-3-27-25(20)14-23(17-34)40(27)9-8-38-10-12-41-13-11-38)18-39-6-4-22(5-7-39)37-28-26-15-24(16-30(31,32)33)42-29(26)36-19-35-28/h2-3,14-15,19,22H,4-13,16,18H2,1H3,(H,35,36,37). The molecule has 3 aromatic heterocycles. The molecular weight excluding hydrogens is 563 g/mol. The number of aryl methyl sites for hydroxylation is 1. The number of morpholine rings is 1. The first-order valence-corrected chi connectivity index (χ1v) is 15.2. The fourth-order valence-electron chi connectivity index (χ4n) is 6.07. The molecule has 2 aliphatic heterocycles. The molecule has 0 radical (unpaired) electrons. The molecule has 2 saturated heterocycles. The Morgan fingerprint density at radius 1 is 1.05 bits per heavy atom. The Morgan fingerprint density at radius 3 is 2.57 bits per heavy atom. The Balaban J connectivity index is 1.09. The molecule has 0 atom stereocenters. The summed E-state index contributed by atoms with van der Waals surface area (Å²) in [5, 5.41) is 15.1. The molecule has 2 fully saturated rings. The lowest BCUT2D eigenvalue weighted by Crippen LogP contribution is -2.39. The monoisotopic (exact) mass is 597 g/mol. The van der Waals surface area contributed by atoms with Crippen molar-refractivity contribution in [3.8, 4) is 6.07 Å². The van der Waals surface area contributed by atoms with Gasteiger partial charge in [0.25, 0.3) is 0 Å². The van der Waals surface area contributed by atoms with Gasteiger partial charge in [0.05, 0.1) is 25.0 Å². The Bertz CT molecular complexity index is 1590. The SMILES string of the molecule is Cc1c(CN2CCC(Nc3ncnc4sc(CC(F)(F)F)cc34)CC2)ccc2c1cc(C#N)n2CCN1CCOCC1. The average Bonchev–Trinajstić information content (AvgIpc) is 3.55. The van der Waals surface area contributed by atoms with Gasteiger partial charge in [0.15, 0.2) is 0 Å². The van der Waals surface area contributed by atoms with Gasteiger partial charge in [-0.15, -0.1) is 11.3 Å². The molecule has 0 bridgehead atoms. The minimum atomic E-state index is -4.25. The minimum absolute atomic E-state index is 0.188. The van der Waals surface area contributed by atoms with Gasteiger partial charge in [-0.1, -0.05) is 6.07 Å². The van der Waals surface area contributed by atoms with Crippen molar-refractivity contribution in [3.05, 3.63) is 52.3 Å². The normalized spacial score (nSPS) is 17.7. The molecule has 6 rings (SSSR count). The second-order valence-electron chi connectivity index (χ2n) is 11.2. The molecule has 0 saturated carbocycles. The van der Waals surface area contributed by atoms with Crippen LogP contribution in [-0.2, 0) is 24.2 Å². The Hall–Kier alpha value is -3.24. The van der Waals surface area contributed by atoms with E-state index in [2.05, 4.69) is 54.8 Å². The molecular formula is C30H34F3N7OS. The fraction of sp³-hybridized carbons (Fsp3) is 0.500. The van der Waals surface area contributed by atoms with Crippen LogP contribution in [-0.4, -0.2) is 82.5 Å². The lowest BCUT2D eigenvalue weighted by molar-refractivity contribution is -0.126. The number of benzene rings is 1. The smallest absolute Gasteiger partial charge is 0.379 e. The molecule has 42 heavy (non-hydrogen) atoms. The number of alkyl halides is 3. The molecule has 0 aliphatic carbocycles. The van der Waals surface area contributed by atoms with Crippen LogP contribution in [0.2, 0.25) is 0 Å². The number of rotatable bonds is 8. The van der Waals surface area contributed by atoms with Gasteiger partial charge >= 0.3 is 6.18 Å². The Kier molecular flexibility index (Phi) is 8.36. The fourth-order valence-corrected chi connectivity index (χ4v) is 7.09. The van der Waals surface area contributed by atoms with E-state index in [1.165, 1.54) is 17.5 Å². The number of fused-ring (bicyclic) bond motifs is 2. The second kappa shape index (κ2) is 12.2. The number of halogens is 3. The molecule has 0 spiro atoms. The second-order valence-corrected chi connectivity index (χ2v) is 12.3. The summed E-state index contributed by atoms with van der Waals surface area (Å²) < 4.78 is 46.3. The first-order chi connectivity index (χ1) is 20.3. The number of nitrogens with one attached hydrogen (secondary N) is 1. The molecule has 8 nitrogen and oxygen atoms in total. The van der Waals surface area contributed by atoms with E-state index in [0.29, 0.717) is 21.7 Å². The Labute approximate surface area is 246 Å². The molecule has 12 heteroatoms. The highest BCUT2D eigenvalue weighted by atomic mass is 32.1. The van der Waals surface area contributed by atoms with E-state index in [1.807, 2.05) is 6.07 Å². The first-order valence-electron chi connectivity index (χ1n) is 14.4. The number of ether oxygens (including phenoxy) is 1. The summed E-state index contributed by atoms with van der Waals surface area (Å²) in [5.74, 6) is 0.607. The van der Waals surface area contributed by atoms with Crippen LogP contribution in [0.25, 0.3) is 21.1 Å². The quantitative estimate of drug-likeness (QED) is 0.294. The lowest BCUT2D eigenvalue weighted by atomic mass is 10.0. The van der Waals surface area contributed by atoms with Crippen molar-refractivity contribution in [2.24, 2.45) is 0 Å². The summed E-state index contributed by atoms with van der Waals surface area (Å²) in [4.78, 5) is 14.2. The van der Waals surface area contributed by atoms with E-state index in [-0.39, 0.29) is 10.9 Å². The molecule has 1 aromatic carbocycles. The molecule has 0 unspecified atom stereocenters. The predicted octanol–water partition coefficient (Wildman–Crippen LogP) is 5.34. The summed E-state index contributed by atoms with van der Waals surface area (Å²) in [7, 11) is 0. The maximum Gasteiger partial charge on any atom is 0.393 e. The van der Waals surface area contributed by atoms with Crippen LogP contribution in [0, 0.1) is 18.3 Å². The highest BCUT2D eigenvalue weighted by molar-refractivity contribution is 7.18. The summed E-state index contributed by atoms with van der Waals surface area (Å²) in [6.45, 7) is 9.83.